The van der Waals surface area contributed by atoms with Crippen LogP contribution in [-0.2, 0) is 7.05 Å². The van der Waals surface area contributed by atoms with Gasteiger partial charge in [-0.3, -0.25) is 0 Å². The molecule has 2 aromatic heterocycles. The molecule has 2 N–H and O–H groups in total. The number of nitrogens with two attached hydrogens (primary N) is 1. The number of anilines is 1. The Labute approximate surface area is 110 Å². The standard InChI is InChI=1S/C14H15N3S/c1-8-4-5-12-10(6-8)11(7-17(12)3)13-9(2)18-14(15)16-13/h4-7H,1-3H3,(H2,15,16). The molecule has 2 heterocycles. The highest BCUT2D eigenvalue weighted by molar-refractivity contribution is 7.15. The molecular formula is C14H15N3S. The number of aryl methyl sites for hydroxylation is 3. The molecule has 0 atom stereocenters. The maximum atomic E-state index is 5.80. The first-order chi connectivity index (χ1) is 8.56. The summed E-state index contributed by atoms with van der Waals surface area (Å²) in [6.45, 7) is 4.18. The highest BCUT2D eigenvalue weighted by atomic mass is 32.1. The number of nitrogen functional groups attached to an aromatic ring is 1. The van der Waals surface area contributed by atoms with Crippen molar-refractivity contribution in [2.24, 2.45) is 7.05 Å². The molecule has 0 fully saturated rings. The maximum Gasteiger partial charge on any atom is 0.180 e. The highest BCUT2D eigenvalue weighted by Crippen LogP contribution is 2.35. The van der Waals surface area contributed by atoms with E-state index in [4.69, 9.17) is 5.73 Å². The van der Waals surface area contributed by atoms with Crippen molar-refractivity contribution >= 4 is 27.4 Å². The number of hydrogen-bond acceptors (Lipinski definition) is 3. The second-order valence-electron chi connectivity index (χ2n) is 4.63. The molecule has 0 spiro atoms. The molecule has 3 rings (SSSR count). The third-order valence-corrected chi connectivity index (χ3v) is 4.01. The van der Waals surface area contributed by atoms with Crippen molar-refractivity contribution in [3.63, 3.8) is 0 Å². The van der Waals surface area contributed by atoms with Crippen LogP contribution in [0, 0.1) is 13.8 Å². The highest BCUT2D eigenvalue weighted by Gasteiger charge is 2.14. The number of fused-ring (bicyclic) bond motifs is 1. The SMILES string of the molecule is Cc1ccc2c(c1)c(-c1nc(N)sc1C)cn2C. The largest absolute Gasteiger partial charge is 0.375 e. The van der Waals surface area contributed by atoms with Gasteiger partial charge in [0.15, 0.2) is 5.13 Å². The quantitative estimate of drug-likeness (QED) is 0.725. The maximum absolute atomic E-state index is 5.80. The van der Waals surface area contributed by atoms with Crippen molar-refractivity contribution in [1.29, 1.82) is 0 Å². The van der Waals surface area contributed by atoms with Crippen LogP contribution in [-0.4, -0.2) is 9.55 Å². The van der Waals surface area contributed by atoms with E-state index in [-0.39, 0.29) is 0 Å². The Morgan fingerprint density at radius 1 is 1.28 bits per heavy atom. The van der Waals surface area contributed by atoms with Gasteiger partial charge in [0.2, 0.25) is 0 Å². The zero-order valence-electron chi connectivity index (χ0n) is 10.7. The Morgan fingerprint density at radius 3 is 2.72 bits per heavy atom. The van der Waals surface area contributed by atoms with E-state index in [9.17, 15) is 0 Å². The molecule has 4 heteroatoms. The smallest absolute Gasteiger partial charge is 0.180 e. The van der Waals surface area contributed by atoms with Gasteiger partial charge in [-0.1, -0.05) is 11.6 Å². The van der Waals surface area contributed by atoms with E-state index in [1.165, 1.54) is 26.9 Å². The van der Waals surface area contributed by atoms with Gasteiger partial charge < -0.3 is 10.3 Å². The molecule has 0 aliphatic rings. The van der Waals surface area contributed by atoms with Gasteiger partial charge in [0.1, 0.15) is 0 Å². The molecule has 0 unspecified atom stereocenters. The van der Waals surface area contributed by atoms with Gasteiger partial charge in [-0.05, 0) is 26.0 Å². The van der Waals surface area contributed by atoms with E-state index in [0.717, 1.165) is 5.69 Å². The molecule has 0 saturated carbocycles. The van der Waals surface area contributed by atoms with E-state index in [2.05, 4.69) is 54.8 Å². The summed E-state index contributed by atoms with van der Waals surface area (Å²) in [5.41, 5.74) is 10.5. The van der Waals surface area contributed by atoms with Crippen LogP contribution in [0.15, 0.2) is 24.4 Å². The predicted molar refractivity (Wildman–Crippen MR) is 77.9 cm³/mol. The minimum absolute atomic E-state index is 0.632. The second-order valence-corrected chi connectivity index (χ2v) is 5.87. The van der Waals surface area contributed by atoms with E-state index in [1.807, 2.05) is 0 Å². The first-order valence-electron chi connectivity index (χ1n) is 5.85. The van der Waals surface area contributed by atoms with Gasteiger partial charge >= 0.3 is 0 Å². The average Bonchev–Trinajstić information content (AvgIpc) is 2.79. The van der Waals surface area contributed by atoms with Gasteiger partial charge in [-0.25, -0.2) is 4.98 Å². The lowest BCUT2D eigenvalue weighted by Gasteiger charge is -1.98. The van der Waals surface area contributed by atoms with Crippen LogP contribution in [0.3, 0.4) is 0 Å². The number of nitrogens with zero attached hydrogens (tertiary/aromatic N) is 2. The molecule has 1 aromatic carbocycles. The van der Waals surface area contributed by atoms with Crippen molar-refractivity contribution in [1.82, 2.24) is 9.55 Å². The van der Waals surface area contributed by atoms with E-state index in [1.54, 1.807) is 11.3 Å². The fraction of sp³-hybridized carbons (Fsp3) is 0.214. The van der Waals surface area contributed by atoms with Crippen LogP contribution >= 0.6 is 11.3 Å². The Balaban J connectivity index is 2.35. The van der Waals surface area contributed by atoms with Gasteiger partial charge in [-0.2, -0.15) is 0 Å². The number of hydrogen-bond donors (Lipinski definition) is 1. The van der Waals surface area contributed by atoms with Crippen molar-refractivity contribution in [2.75, 3.05) is 5.73 Å². The molecule has 92 valence electrons. The lowest BCUT2D eigenvalue weighted by Crippen LogP contribution is -1.83. The lowest BCUT2D eigenvalue weighted by atomic mass is 10.1. The van der Waals surface area contributed by atoms with Crippen LogP contribution in [0.2, 0.25) is 0 Å². The van der Waals surface area contributed by atoms with Crippen LogP contribution in [0.25, 0.3) is 22.2 Å². The predicted octanol–water partition coefficient (Wildman–Crippen LogP) is 3.50. The van der Waals surface area contributed by atoms with Crippen LogP contribution in [0.5, 0.6) is 0 Å². The number of thiazole rings is 1. The zero-order chi connectivity index (χ0) is 12.9. The molecule has 18 heavy (non-hydrogen) atoms. The minimum Gasteiger partial charge on any atom is -0.375 e. The molecule has 0 amide bonds. The number of rotatable bonds is 1. The Bertz CT molecular complexity index is 737. The summed E-state index contributed by atoms with van der Waals surface area (Å²) in [5.74, 6) is 0. The molecular weight excluding hydrogens is 242 g/mol. The van der Waals surface area contributed by atoms with Crippen molar-refractivity contribution < 1.29 is 0 Å². The summed E-state index contributed by atoms with van der Waals surface area (Å²) in [7, 11) is 2.06. The Hall–Kier alpha value is -1.81. The molecule has 0 aliphatic carbocycles. The molecule has 3 aromatic rings. The normalized spacial score (nSPS) is 11.3. The molecule has 3 nitrogen and oxygen atoms in total. The van der Waals surface area contributed by atoms with Gasteiger partial charge in [0, 0.05) is 34.6 Å². The topological polar surface area (TPSA) is 43.8 Å². The van der Waals surface area contributed by atoms with Gasteiger partial charge in [-0.15, -0.1) is 11.3 Å². The van der Waals surface area contributed by atoms with Crippen LogP contribution in [0.1, 0.15) is 10.4 Å². The Morgan fingerprint density at radius 2 is 2.06 bits per heavy atom. The van der Waals surface area contributed by atoms with Crippen LogP contribution < -0.4 is 5.73 Å². The van der Waals surface area contributed by atoms with Gasteiger partial charge in [0.25, 0.3) is 0 Å². The van der Waals surface area contributed by atoms with Crippen molar-refractivity contribution in [2.45, 2.75) is 13.8 Å². The average molecular weight is 257 g/mol. The lowest BCUT2D eigenvalue weighted by molar-refractivity contribution is 0.969. The fourth-order valence-corrected chi connectivity index (χ4v) is 3.06. The third-order valence-electron chi connectivity index (χ3n) is 3.21. The first kappa shape index (κ1) is 11.3. The third kappa shape index (κ3) is 1.61. The van der Waals surface area contributed by atoms with Gasteiger partial charge in [0.05, 0.1) is 5.69 Å². The van der Waals surface area contributed by atoms with E-state index < -0.39 is 0 Å². The minimum atomic E-state index is 0.632. The summed E-state index contributed by atoms with van der Waals surface area (Å²) in [6.07, 6.45) is 2.13. The van der Waals surface area contributed by atoms with E-state index in [0.29, 0.717) is 5.13 Å². The van der Waals surface area contributed by atoms with E-state index >= 15 is 0 Å². The molecule has 0 aliphatic heterocycles. The summed E-state index contributed by atoms with van der Waals surface area (Å²) in [5, 5.41) is 1.87. The van der Waals surface area contributed by atoms with Crippen LogP contribution in [0.4, 0.5) is 5.13 Å². The molecule has 0 radical (unpaired) electrons. The summed E-state index contributed by atoms with van der Waals surface area (Å²) in [4.78, 5) is 5.62. The fourth-order valence-electron chi connectivity index (χ4n) is 2.36. The first-order valence-corrected chi connectivity index (χ1v) is 6.67. The number of aromatic nitrogens is 2. The van der Waals surface area contributed by atoms with Crippen molar-refractivity contribution in [3.8, 4) is 11.3 Å². The summed E-state index contributed by atoms with van der Waals surface area (Å²) >= 11 is 1.54. The second kappa shape index (κ2) is 3.85. The molecule has 0 bridgehead atoms. The van der Waals surface area contributed by atoms with Crippen molar-refractivity contribution in [3.05, 3.63) is 34.8 Å². The summed E-state index contributed by atoms with van der Waals surface area (Å²) in [6, 6.07) is 6.49. The Kier molecular flexibility index (Phi) is 2.41. The zero-order valence-corrected chi connectivity index (χ0v) is 11.5. The molecule has 0 saturated heterocycles. The number of benzene rings is 1. The summed E-state index contributed by atoms with van der Waals surface area (Å²) < 4.78 is 2.14. The monoisotopic (exact) mass is 257 g/mol.